The summed E-state index contributed by atoms with van der Waals surface area (Å²) in [6, 6.07) is 0. The molecule has 0 rings (SSSR count). The first-order valence-corrected chi connectivity index (χ1v) is 15.6. The molecule has 0 aliphatic carbocycles. The van der Waals surface area contributed by atoms with Crippen LogP contribution >= 0.6 is 17.9 Å². The fourth-order valence-corrected chi connectivity index (χ4v) is 8.57. The quantitative estimate of drug-likeness (QED) is 0.151. The summed E-state index contributed by atoms with van der Waals surface area (Å²) in [6.45, 7) is 12.5. The van der Waals surface area contributed by atoms with Crippen LogP contribution in [0.2, 0.25) is 9.02 Å². The van der Waals surface area contributed by atoms with Crippen LogP contribution < -0.4 is 0 Å². The molecule has 22 heavy (non-hydrogen) atoms. The average Bonchev–Trinajstić information content (AvgIpc) is 2.40. The molecule has 0 amide bonds. The largest absolute Gasteiger partial charge is 0.338 e. The molecule has 2 nitrogen and oxygen atoms in total. The Morgan fingerprint density at radius 1 is 1.05 bits per heavy atom. The van der Waals surface area contributed by atoms with E-state index in [1.165, 1.54) is 51.4 Å². The van der Waals surface area contributed by atoms with Crippen LogP contribution in [0.15, 0.2) is 25.3 Å². The van der Waals surface area contributed by atoms with E-state index in [2.05, 4.69) is 63.2 Å². The second-order valence-corrected chi connectivity index (χ2v) is 16.7. The van der Waals surface area contributed by atoms with Gasteiger partial charge in [-0.2, -0.15) is 0 Å². The molecule has 0 bridgehead atoms. The van der Waals surface area contributed by atoms with Gasteiger partial charge in [0.2, 0.25) is 5.69 Å². The van der Waals surface area contributed by atoms with Gasteiger partial charge in [-0.05, 0) is 11.8 Å². The smallest absolute Gasteiger partial charge is 0.239 e. The van der Waals surface area contributed by atoms with Crippen LogP contribution in [-0.2, 0) is 28.9 Å². The zero-order chi connectivity index (χ0) is 17.4. The first-order chi connectivity index (χ1) is 10.3. The Labute approximate surface area is 155 Å². The Morgan fingerprint density at radius 2 is 1.36 bits per heavy atom. The third kappa shape index (κ3) is 23.3. The Hall–Kier alpha value is 1.02. The molecule has 2 atom stereocenters. The van der Waals surface area contributed by atoms with Crippen molar-refractivity contribution in [1.82, 2.24) is 0 Å². The molecule has 0 aliphatic heterocycles. The van der Waals surface area contributed by atoms with Crippen molar-refractivity contribution < 1.29 is 26.9 Å². The molecule has 0 fully saturated rings. The van der Waals surface area contributed by atoms with Gasteiger partial charge < -0.3 is 9.79 Å². The van der Waals surface area contributed by atoms with Gasteiger partial charge in [-0.15, -0.1) is 0 Å². The van der Waals surface area contributed by atoms with Crippen molar-refractivity contribution in [2.24, 2.45) is 0 Å². The van der Waals surface area contributed by atoms with Crippen molar-refractivity contribution in [1.29, 1.82) is 0 Å². The predicted octanol–water partition coefficient (Wildman–Crippen LogP) is 6.30. The second kappa shape index (κ2) is 16.9. The van der Waals surface area contributed by atoms with Crippen LogP contribution in [0.1, 0.15) is 65.2 Å². The molecule has 0 aromatic heterocycles. The minimum atomic E-state index is -3.11. The van der Waals surface area contributed by atoms with Gasteiger partial charge >= 0.3 is 117 Å². The summed E-state index contributed by atoms with van der Waals surface area (Å²) in [6.07, 6.45) is 15.3. The molecule has 0 heterocycles. The van der Waals surface area contributed by atoms with Gasteiger partial charge in [0.15, 0.2) is 0 Å². The molecule has 0 aromatic carbocycles. The average molecular weight is 418 g/mol. The Morgan fingerprint density at radius 3 is 1.59 bits per heavy atom. The van der Waals surface area contributed by atoms with Crippen LogP contribution in [0.25, 0.3) is 0 Å². The summed E-state index contributed by atoms with van der Waals surface area (Å²) in [4.78, 5) is 15.7. The van der Waals surface area contributed by atoms with Crippen LogP contribution in [0.4, 0.5) is 0 Å². The third-order valence-corrected chi connectivity index (χ3v) is 9.51. The van der Waals surface area contributed by atoms with Crippen LogP contribution in [0.3, 0.4) is 0 Å². The molecule has 2 N–H and O–H groups in total. The van der Waals surface area contributed by atoms with E-state index in [-0.39, 0.29) is 0 Å². The predicted molar refractivity (Wildman–Crippen MR) is 104 cm³/mol. The number of hydrogen-bond acceptors (Lipinski definition) is 1. The number of rotatable bonds is 12. The molecule has 0 saturated carbocycles. The first kappa shape index (κ1) is 25.3. The van der Waals surface area contributed by atoms with Crippen LogP contribution in [0.5, 0.6) is 0 Å². The van der Waals surface area contributed by atoms with E-state index in [1.54, 1.807) is 0 Å². The monoisotopic (exact) mass is 416 g/mol. The number of allylic oxidation sites excluding steroid dienone is 2. The van der Waals surface area contributed by atoms with E-state index in [0.29, 0.717) is 0 Å². The van der Waals surface area contributed by atoms with Gasteiger partial charge in [0.1, 0.15) is 0 Å². The van der Waals surface area contributed by atoms with Crippen molar-refractivity contribution in [2.45, 2.75) is 74.2 Å². The molecular formula is C16H33O2PS2Zn. The summed E-state index contributed by atoms with van der Waals surface area (Å²) in [5.41, 5.74) is -3.11. The summed E-state index contributed by atoms with van der Waals surface area (Å²) >= 11 is 6.64. The molecule has 0 radical (unpaired) electrons. The van der Waals surface area contributed by atoms with Crippen molar-refractivity contribution >= 4 is 29.7 Å². The fourth-order valence-electron chi connectivity index (χ4n) is 2.59. The zero-order valence-electron chi connectivity index (χ0n) is 14.3. The maximum atomic E-state index is 7.87. The molecule has 128 valence electrons. The Balaban J connectivity index is 0. The van der Waals surface area contributed by atoms with Gasteiger partial charge in [0, 0.05) is 0 Å². The third-order valence-electron chi connectivity index (χ3n) is 3.60. The minimum Gasteiger partial charge on any atom is -0.338 e. The standard InChI is InChI=1S/2C8H15.H3O2PS2.Zn/c2*1-3-5-7-8-6-4-2;1-3(2,4)5;/h2*3,7H,1,4-6,8H2,2H3;(H3,1,2,4,5);. The van der Waals surface area contributed by atoms with Crippen LogP contribution in [0, 0.1) is 0 Å². The number of hydrogen-bond donors (Lipinski definition) is 3. The molecule has 0 spiro atoms. The summed E-state index contributed by atoms with van der Waals surface area (Å²) in [5.74, 6) is 0. The summed E-state index contributed by atoms with van der Waals surface area (Å²) in [7, 11) is 0. The van der Waals surface area contributed by atoms with Gasteiger partial charge in [-0.1, -0.05) is 12.2 Å². The van der Waals surface area contributed by atoms with E-state index in [0.717, 1.165) is 9.02 Å². The molecule has 0 aromatic rings. The van der Waals surface area contributed by atoms with Crippen molar-refractivity contribution in [3.8, 4) is 0 Å². The Kier molecular flexibility index (Phi) is 19.4. The Bertz CT molecular complexity index is 293. The molecule has 0 saturated heterocycles. The summed E-state index contributed by atoms with van der Waals surface area (Å²) in [5, 5.41) is 0. The van der Waals surface area contributed by atoms with Crippen molar-refractivity contribution in [3.63, 3.8) is 0 Å². The normalized spacial score (nSPS) is 13.3. The second-order valence-electron chi connectivity index (χ2n) is 5.81. The number of unbranched alkanes of at least 4 members (excludes halogenated alkanes) is 2. The topological polar surface area (TPSA) is 40.5 Å². The first-order valence-electron chi connectivity index (χ1n) is 8.28. The minimum absolute atomic E-state index is 0.434. The van der Waals surface area contributed by atoms with E-state index in [1.807, 2.05) is 0 Å². The van der Waals surface area contributed by atoms with Crippen molar-refractivity contribution in [3.05, 3.63) is 25.3 Å². The van der Waals surface area contributed by atoms with Gasteiger partial charge in [-0.3, -0.25) is 0 Å². The fraction of sp³-hybridized carbons (Fsp3) is 0.750. The van der Waals surface area contributed by atoms with Gasteiger partial charge in [-0.25, -0.2) is 0 Å². The maximum absolute atomic E-state index is 7.87. The van der Waals surface area contributed by atoms with Crippen molar-refractivity contribution in [2.75, 3.05) is 0 Å². The van der Waals surface area contributed by atoms with Crippen LogP contribution in [-0.4, -0.2) is 9.79 Å². The van der Waals surface area contributed by atoms with E-state index in [9.17, 15) is 0 Å². The van der Waals surface area contributed by atoms with Gasteiger partial charge in [0.25, 0.3) is 0 Å². The molecule has 0 aliphatic rings. The summed E-state index contributed by atoms with van der Waals surface area (Å²) < 4.78 is 2.09. The zero-order valence-corrected chi connectivity index (χ0v) is 19.9. The molecule has 2 unspecified atom stereocenters. The number of thiol groups is 1. The van der Waals surface area contributed by atoms with Gasteiger partial charge in [0.05, 0.1) is 0 Å². The molecule has 6 heteroatoms. The SMILES string of the molecule is C=CC[CH](CCCC)[Zn][CH](CC=C)CCCC.OP(O)(=S)S. The maximum Gasteiger partial charge on any atom is 0.239 e. The van der Waals surface area contributed by atoms with E-state index < -0.39 is 22.8 Å². The van der Waals surface area contributed by atoms with E-state index in [4.69, 9.17) is 9.79 Å². The van der Waals surface area contributed by atoms with E-state index >= 15 is 0 Å². The molecular weight excluding hydrogens is 385 g/mol.